The molecule has 0 saturated heterocycles. The van der Waals surface area contributed by atoms with Crippen molar-refractivity contribution in [1.82, 2.24) is 0 Å². The van der Waals surface area contributed by atoms with Gasteiger partial charge in [0.25, 0.3) is 5.69 Å². The third kappa shape index (κ3) is 3.44. The van der Waals surface area contributed by atoms with Crippen molar-refractivity contribution in [2.75, 3.05) is 5.32 Å². The largest absolute Gasteiger partial charge is 0.375 e. The number of nitro groups is 1. The highest BCUT2D eigenvalue weighted by atomic mass is 127. The second-order valence-corrected chi connectivity index (χ2v) is 5.44. The van der Waals surface area contributed by atoms with Gasteiger partial charge in [0, 0.05) is 16.2 Å². The van der Waals surface area contributed by atoms with Gasteiger partial charge in [-0.2, -0.15) is 0 Å². The minimum Gasteiger partial charge on any atom is -0.375 e. The number of nitrogens with zero attached hydrogens (tertiary/aromatic N) is 1. The molecule has 1 N–H and O–H groups in total. The lowest BCUT2D eigenvalue weighted by atomic mass is 10.1. The summed E-state index contributed by atoms with van der Waals surface area (Å²) in [5.41, 5.74) is 2.97. The minimum atomic E-state index is -0.359. The Morgan fingerprint density at radius 3 is 2.68 bits per heavy atom. The molecule has 2 aromatic carbocycles. The molecule has 0 saturated carbocycles. The van der Waals surface area contributed by atoms with Crippen molar-refractivity contribution in [2.24, 2.45) is 0 Å². The Morgan fingerprint density at radius 2 is 2.00 bits per heavy atom. The van der Waals surface area contributed by atoms with Crippen LogP contribution in [0.5, 0.6) is 0 Å². The number of nitro benzene ring substituents is 1. The topological polar surface area (TPSA) is 55.2 Å². The van der Waals surface area contributed by atoms with Crippen molar-refractivity contribution >= 4 is 34.0 Å². The van der Waals surface area contributed by atoms with Gasteiger partial charge >= 0.3 is 0 Å². The molecule has 2 rings (SSSR count). The monoisotopic (exact) mass is 368 g/mol. The van der Waals surface area contributed by atoms with Crippen LogP contribution in [0.25, 0.3) is 0 Å². The number of nitrogens with one attached hydrogen (secondary N) is 1. The fourth-order valence-corrected chi connectivity index (χ4v) is 2.28. The Labute approximate surface area is 125 Å². The summed E-state index contributed by atoms with van der Waals surface area (Å²) >= 11 is 2.07. The predicted molar refractivity (Wildman–Crippen MR) is 84.3 cm³/mol. The van der Waals surface area contributed by atoms with E-state index in [1.165, 1.54) is 5.56 Å². The van der Waals surface area contributed by atoms with Crippen molar-refractivity contribution < 1.29 is 4.92 Å². The van der Waals surface area contributed by atoms with Crippen LogP contribution in [0.3, 0.4) is 0 Å². The van der Waals surface area contributed by atoms with Crippen LogP contribution in [0, 0.1) is 20.6 Å². The molecular weight excluding hydrogens is 355 g/mol. The lowest BCUT2D eigenvalue weighted by Gasteiger charge is -2.09. The maximum absolute atomic E-state index is 11.0. The second-order valence-electron chi connectivity index (χ2n) is 4.20. The molecule has 0 aromatic heterocycles. The van der Waals surface area contributed by atoms with Gasteiger partial charge in [0.2, 0.25) is 0 Å². The highest BCUT2D eigenvalue weighted by Gasteiger charge is 2.13. The zero-order chi connectivity index (χ0) is 13.8. The average molecular weight is 368 g/mol. The van der Waals surface area contributed by atoms with Crippen molar-refractivity contribution in [3.05, 3.63) is 67.3 Å². The Morgan fingerprint density at radius 1 is 1.26 bits per heavy atom. The van der Waals surface area contributed by atoms with Crippen LogP contribution >= 0.6 is 22.6 Å². The molecule has 0 aliphatic heterocycles. The first-order valence-electron chi connectivity index (χ1n) is 5.80. The fraction of sp³-hybridized carbons (Fsp3) is 0.143. The van der Waals surface area contributed by atoms with Crippen LogP contribution in [-0.2, 0) is 6.54 Å². The van der Waals surface area contributed by atoms with E-state index in [0.29, 0.717) is 12.2 Å². The number of hydrogen-bond donors (Lipinski definition) is 1. The number of hydrogen-bond acceptors (Lipinski definition) is 3. The first-order chi connectivity index (χ1) is 9.08. The summed E-state index contributed by atoms with van der Waals surface area (Å²) in [4.78, 5) is 10.7. The summed E-state index contributed by atoms with van der Waals surface area (Å²) in [6.07, 6.45) is 0. The zero-order valence-corrected chi connectivity index (χ0v) is 12.5. The van der Waals surface area contributed by atoms with E-state index in [4.69, 9.17) is 0 Å². The van der Waals surface area contributed by atoms with Gasteiger partial charge in [-0.1, -0.05) is 24.3 Å². The van der Waals surface area contributed by atoms with Crippen molar-refractivity contribution in [3.8, 4) is 0 Å². The molecule has 0 aliphatic carbocycles. The molecule has 98 valence electrons. The van der Waals surface area contributed by atoms with Crippen molar-refractivity contribution in [2.45, 2.75) is 13.5 Å². The Bertz CT molecular complexity index is 614. The third-order valence-corrected chi connectivity index (χ3v) is 3.56. The summed E-state index contributed by atoms with van der Waals surface area (Å²) in [7, 11) is 0. The molecule has 0 aliphatic rings. The first kappa shape index (κ1) is 13.8. The Hall–Kier alpha value is -1.63. The zero-order valence-electron chi connectivity index (χ0n) is 10.4. The highest BCUT2D eigenvalue weighted by molar-refractivity contribution is 14.1. The minimum absolute atomic E-state index is 0.112. The van der Waals surface area contributed by atoms with Gasteiger partial charge in [-0.05, 0) is 52.8 Å². The maximum atomic E-state index is 11.0. The van der Waals surface area contributed by atoms with E-state index >= 15 is 0 Å². The lowest BCUT2D eigenvalue weighted by Crippen LogP contribution is -2.04. The van der Waals surface area contributed by atoms with Crippen LogP contribution < -0.4 is 5.32 Å². The molecule has 0 bridgehead atoms. The van der Waals surface area contributed by atoms with E-state index in [1.807, 2.05) is 37.3 Å². The fourth-order valence-electron chi connectivity index (χ4n) is 1.80. The molecule has 0 fully saturated rings. The smallest absolute Gasteiger partial charge is 0.293 e. The van der Waals surface area contributed by atoms with Crippen LogP contribution in [-0.4, -0.2) is 4.92 Å². The summed E-state index contributed by atoms with van der Waals surface area (Å²) in [5.74, 6) is 0. The van der Waals surface area contributed by atoms with Crippen molar-refractivity contribution in [1.29, 1.82) is 0 Å². The number of rotatable bonds is 4. The van der Waals surface area contributed by atoms with Gasteiger partial charge in [0.15, 0.2) is 0 Å². The van der Waals surface area contributed by atoms with Crippen molar-refractivity contribution in [3.63, 3.8) is 0 Å². The van der Waals surface area contributed by atoms with Gasteiger partial charge in [-0.15, -0.1) is 0 Å². The molecular formula is C14H13IN2O2. The van der Waals surface area contributed by atoms with Gasteiger partial charge in [0.05, 0.1) is 4.92 Å². The summed E-state index contributed by atoms with van der Waals surface area (Å²) in [5, 5.41) is 14.1. The number of aryl methyl sites for hydroxylation is 1. The summed E-state index contributed by atoms with van der Waals surface area (Å²) in [6.45, 7) is 2.60. The number of anilines is 1. The van der Waals surface area contributed by atoms with Crippen LogP contribution in [0.15, 0.2) is 42.5 Å². The molecule has 0 radical (unpaired) electrons. The quantitative estimate of drug-likeness (QED) is 0.502. The summed E-state index contributed by atoms with van der Waals surface area (Å²) < 4.78 is 0.853. The van der Waals surface area contributed by atoms with Gasteiger partial charge in [-0.25, -0.2) is 0 Å². The Balaban J connectivity index is 2.20. The highest BCUT2D eigenvalue weighted by Crippen LogP contribution is 2.26. The number of benzene rings is 2. The standard InChI is InChI=1S/C14H13IN2O2/c1-10-4-2-3-5-11(10)9-16-13-7-6-12(15)8-14(13)17(18)19/h2-8,16H,9H2,1H3. The molecule has 5 heteroatoms. The Kier molecular flexibility index (Phi) is 4.36. The van der Waals surface area contributed by atoms with E-state index in [-0.39, 0.29) is 10.6 Å². The van der Waals surface area contributed by atoms with Crippen LogP contribution in [0.2, 0.25) is 0 Å². The molecule has 0 atom stereocenters. The second kappa shape index (κ2) is 6.01. The molecule has 0 amide bonds. The van der Waals surface area contributed by atoms with Gasteiger partial charge in [-0.3, -0.25) is 10.1 Å². The van der Waals surface area contributed by atoms with E-state index in [9.17, 15) is 10.1 Å². The van der Waals surface area contributed by atoms with Crippen LogP contribution in [0.1, 0.15) is 11.1 Å². The van der Waals surface area contributed by atoms with E-state index in [1.54, 1.807) is 12.1 Å². The van der Waals surface area contributed by atoms with E-state index < -0.39 is 0 Å². The molecule has 19 heavy (non-hydrogen) atoms. The van der Waals surface area contributed by atoms with E-state index in [0.717, 1.165) is 9.13 Å². The maximum Gasteiger partial charge on any atom is 0.293 e. The predicted octanol–water partition coefficient (Wildman–Crippen LogP) is 4.12. The number of halogens is 1. The molecule has 4 nitrogen and oxygen atoms in total. The third-order valence-electron chi connectivity index (χ3n) is 2.89. The molecule has 2 aromatic rings. The first-order valence-corrected chi connectivity index (χ1v) is 6.88. The molecule has 0 unspecified atom stereocenters. The van der Waals surface area contributed by atoms with Crippen LogP contribution in [0.4, 0.5) is 11.4 Å². The molecule has 0 spiro atoms. The van der Waals surface area contributed by atoms with Gasteiger partial charge < -0.3 is 5.32 Å². The van der Waals surface area contributed by atoms with E-state index in [2.05, 4.69) is 27.9 Å². The normalized spacial score (nSPS) is 10.2. The SMILES string of the molecule is Cc1ccccc1CNc1ccc(I)cc1[N+](=O)[O-]. The molecule has 0 heterocycles. The average Bonchev–Trinajstić information content (AvgIpc) is 2.38. The summed E-state index contributed by atoms with van der Waals surface area (Å²) in [6, 6.07) is 13.2. The van der Waals surface area contributed by atoms with Gasteiger partial charge in [0.1, 0.15) is 5.69 Å². The lowest BCUT2D eigenvalue weighted by molar-refractivity contribution is -0.384.